The molecule has 0 aromatic carbocycles. The Hall–Kier alpha value is -1.11. The second kappa shape index (κ2) is 7.06. The van der Waals surface area contributed by atoms with Gasteiger partial charge in [0.05, 0.1) is 12.6 Å². The van der Waals surface area contributed by atoms with Gasteiger partial charge in [0, 0.05) is 37.6 Å². The van der Waals surface area contributed by atoms with Crippen molar-refractivity contribution in [2.75, 3.05) is 39.3 Å². The molecule has 1 fully saturated rings. The third-order valence-corrected chi connectivity index (χ3v) is 4.83. The van der Waals surface area contributed by atoms with Crippen molar-refractivity contribution in [1.82, 2.24) is 9.80 Å². The minimum absolute atomic E-state index is 0.205. The quantitative estimate of drug-likeness (QED) is 0.921. The summed E-state index contributed by atoms with van der Waals surface area (Å²) >= 11 is 1.76. The summed E-state index contributed by atoms with van der Waals surface area (Å²) in [5.41, 5.74) is 7.27. The molecule has 5 nitrogen and oxygen atoms in total. The molecule has 1 unspecified atom stereocenters. The number of nitrogens with two attached hydrogens (primary N) is 1. The molecule has 0 aliphatic carbocycles. The fourth-order valence-corrected chi connectivity index (χ4v) is 3.65. The van der Waals surface area contributed by atoms with Gasteiger partial charge in [0.15, 0.2) is 0 Å². The standard InChI is InChI=1S/C14H23N3O2S/c1-3-19-14(18)17-7-5-16(6-8-17)12(10-15)13-11(2)4-9-20-13/h4,9,12H,3,5-8,10,15H2,1-2H3. The highest BCUT2D eigenvalue weighted by molar-refractivity contribution is 7.10. The van der Waals surface area contributed by atoms with Crippen LogP contribution < -0.4 is 5.73 Å². The molecule has 1 saturated heterocycles. The fourth-order valence-electron chi connectivity index (χ4n) is 2.58. The van der Waals surface area contributed by atoms with E-state index in [1.165, 1.54) is 10.4 Å². The summed E-state index contributed by atoms with van der Waals surface area (Å²) in [5.74, 6) is 0. The number of piperazine rings is 1. The number of rotatable bonds is 4. The van der Waals surface area contributed by atoms with Gasteiger partial charge in [-0.3, -0.25) is 4.90 Å². The maximum atomic E-state index is 11.7. The van der Waals surface area contributed by atoms with Gasteiger partial charge in [-0.25, -0.2) is 4.79 Å². The summed E-state index contributed by atoms with van der Waals surface area (Å²) < 4.78 is 5.04. The van der Waals surface area contributed by atoms with Crippen molar-refractivity contribution in [2.24, 2.45) is 5.73 Å². The molecule has 0 radical (unpaired) electrons. The monoisotopic (exact) mass is 297 g/mol. The van der Waals surface area contributed by atoms with E-state index in [1.807, 2.05) is 6.92 Å². The zero-order valence-corrected chi connectivity index (χ0v) is 13.0. The lowest BCUT2D eigenvalue weighted by molar-refractivity contribution is 0.0675. The predicted octanol–water partition coefficient (Wildman–Crippen LogP) is 1.83. The summed E-state index contributed by atoms with van der Waals surface area (Å²) in [4.78, 5) is 17.2. The zero-order chi connectivity index (χ0) is 14.5. The van der Waals surface area contributed by atoms with Crippen LogP contribution in [-0.4, -0.2) is 55.2 Å². The average molecular weight is 297 g/mol. The third-order valence-electron chi connectivity index (χ3n) is 3.71. The van der Waals surface area contributed by atoms with E-state index in [1.54, 1.807) is 16.2 Å². The number of hydrogen-bond acceptors (Lipinski definition) is 5. The van der Waals surface area contributed by atoms with Gasteiger partial charge in [-0.15, -0.1) is 11.3 Å². The minimum atomic E-state index is -0.205. The number of nitrogens with zero attached hydrogens (tertiary/aromatic N) is 2. The van der Waals surface area contributed by atoms with Gasteiger partial charge in [-0.1, -0.05) is 0 Å². The van der Waals surface area contributed by atoms with Crippen LogP contribution in [0.1, 0.15) is 23.4 Å². The van der Waals surface area contributed by atoms with E-state index in [0.29, 0.717) is 26.2 Å². The van der Waals surface area contributed by atoms with Crippen LogP contribution in [0.4, 0.5) is 4.79 Å². The smallest absolute Gasteiger partial charge is 0.409 e. The molecule has 1 amide bonds. The Morgan fingerprint density at radius 1 is 1.45 bits per heavy atom. The van der Waals surface area contributed by atoms with Gasteiger partial charge < -0.3 is 15.4 Å². The Morgan fingerprint density at radius 3 is 2.65 bits per heavy atom. The van der Waals surface area contributed by atoms with Crippen molar-refractivity contribution >= 4 is 17.4 Å². The van der Waals surface area contributed by atoms with E-state index in [4.69, 9.17) is 10.5 Å². The first-order valence-electron chi connectivity index (χ1n) is 7.07. The third kappa shape index (κ3) is 3.31. The number of aryl methyl sites for hydroxylation is 1. The minimum Gasteiger partial charge on any atom is -0.450 e. The van der Waals surface area contributed by atoms with Crippen LogP contribution in [0.3, 0.4) is 0 Å². The van der Waals surface area contributed by atoms with Crippen LogP contribution in [0.15, 0.2) is 11.4 Å². The molecule has 0 saturated carbocycles. The second-order valence-corrected chi connectivity index (χ2v) is 5.89. The van der Waals surface area contributed by atoms with Crippen LogP contribution >= 0.6 is 11.3 Å². The fraction of sp³-hybridized carbons (Fsp3) is 0.643. The number of thiophene rings is 1. The van der Waals surface area contributed by atoms with E-state index in [-0.39, 0.29) is 12.1 Å². The van der Waals surface area contributed by atoms with Crippen molar-refractivity contribution in [3.8, 4) is 0 Å². The molecule has 1 aliphatic heterocycles. The van der Waals surface area contributed by atoms with E-state index in [0.717, 1.165) is 13.1 Å². The van der Waals surface area contributed by atoms with Crippen LogP contribution in [0.2, 0.25) is 0 Å². The molecule has 2 heterocycles. The van der Waals surface area contributed by atoms with E-state index >= 15 is 0 Å². The van der Waals surface area contributed by atoms with Crippen molar-refractivity contribution in [3.63, 3.8) is 0 Å². The Balaban J connectivity index is 1.95. The molecule has 1 aromatic heterocycles. The van der Waals surface area contributed by atoms with Gasteiger partial charge in [-0.2, -0.15) is 0 Å². The predicted molar refractivity (Wildman–Crippen MR) is 81.0 cm³/mol. The topological polar surface area (TPSA) is 58.8 Å². The van der Waals surface area contributed by atoms with E-state index < -0.39 is 0 Å². The number of carbonyl (C=O) groups excluding carboxylic acids is 1. The highest BCUT2D eigenvalue weighted by atomic mass is 32.1. The van der Waals surface area contributed by atoms with Gasteiger partial charge in [0.1, 0.15) is 0 Å². The summed E-state index contributed by atoms with van der Waals surface area (Å²) in [5, 5.41) is 2.11. The normalized spacial score (nSPS) is 18.1. The average Bonchev–Trinajstić information content (AvgIpc) is 2.87. The summed E-state index contributed by atoms with van der Waals surface area (Å²) in [6.45, 7) is 8.11. The molecule has 2 rings (SSSR count). The Morgan fingerprint density at radius 2 is 2.15 bits per heavy atom. The van der Waals surface area contributed by atoms with Crippen molar-refractivity contribution in [2.45, 2.75) is 19.9 Å². The number of hydrogen-bond donors (Lipinski definition) is 1. The highest BCUT2D eigenvalue weighted by Crippen LogP contribution is 2.28. The Kier molecular flexibility index (Phi) is 5.39. The molecule has 6 heteroatoms. The van der Waals surface area contributed by atoms with Crippen LogP contribution in [-0.2, 0) is 4.74 Å². The molecular weight excluding hydrogens is 274 g/mol. The first-order chi connectivity index (χ1) is 9.67. The molecule has 0 spiro atoms. The highest BCUT2D eigenvalue weighted by Gasteiger charge is 2.28. The maximum absolute atomic E-state index is 11.7. The largest absolute Gasteiger partial charge is 0.450 e. The lowest BCUT2D eigenvalue weighted by Crippen LogP contribution is -2.50. The molecular formula is C14H23N3O2S. The molecule has 1 aromatic rings. The summed E-state index contributed by atoms with van der Waals surface area (Å²) in [6, 6.07) is 2.40. The molecule has 2 N–H and O–H groups in total. The van der Waals surface area contributed by atoms with Gasteiger partial charge >= 0.3 is 6.09 Å². The Labute approximate surface area is 124 Å². The number of carbonyl (C=O) groups is 1. The van der Waals surface area contributed by atoms with Gasteiger partial charge in [-0.05, 0) is 30.9 Å². The maximum Gasteiger partial charge on any atom is 0.409 e. The molecule has 112 valence electrons. The molecule has 1 atom stereocenters. The second-order valence-electron chi connectivity index (χ2n) is 4.94. The molecule has 1 aliphatic rings. The van der Waals surface area contributed by atoms with Crippen LogP contribution in [0, 0.1) is 6.92 Å². The SMILES string of the molecule is CCOC(=O)N1CCN(C(CN)c2sccc2C)CC1. The van der Waals surface area contributed by atoms with E-state index in [9.17, 15) is 4.79 Å². The van der Waals surface area contributed by atoms with Crippen molar-refractivity contribution < 1.29 is 9.53 Å². The molecule has 0 bridgehead atoms. The Bertz CT molecular complexity index is 441. The summed E-state index contributed by atoms with van der Waals surface area (Å²) in [6.07, 6.45) is -0.205. The lowest BCUT2D eigenvalue weighted by Gasteiger charge is -2.38. The molecule has 20 heavy (non-hydrogen) atoms. The number of ether oxygens (including phenoxy) is 1. The number of amides is 1. The van der Waals surface area contributed by atoms with Crippen LogP contribution in [0.25, 0.3) is 0 Å². The van der Waals surface area contributed by atoms with Crippen LogP contribution in [0.5, 0.6) is 0 Å². The van der Waals surface area contributed by atoms with Gasteiger partial charge in [0.2, 0.25) is 0 Å². The van der Waals surface area contributed by atoms with Crippen molar-refractivity contribution in [1.29, 1.82) is 0 Å². The lowest BCUT2D eigenvalue weighted by atomic mass is 10.1. The first-order valence-corrected chi connectivity index (χ1v) is 7.95. The van der Waals surface area contributed by atoms with E-state index in [2.05, 4.69) is 23.3 Å². The van der Waals surface area contributed by atoms with Gasteiger partial charge in [0.25, 0.3) is 0 Å². The zero-order valence-electron chi connectivity index (χ0n) is 12.2. The summed E-state index contributed by atoms with van der Waals surface area (Å²) in [7, 11) is 0. The van der Waals surface area contributed by atoms with Crippen molar-refractivity contribution in [3.05, 3.63) is 21.9 Å². The first kappa shape index (κ1) is 15.3.